The zero-order valence-corrected chi connectivity index (χ0v) is 17.3. The van der Waals surface area contributed by atoms with E-state index in [2.05, 4.69) is 15.5 Å². The van der Waals surface area contributed by atoms with E-state index < -0.39 is 0 Å². The molecule has 2 aliphatic heterocycles. The summed E-state index contributed by atoms with van der Waals surface area (Å²) in [7, 11) is 0. The number of benzene rings is 2. The monoisotopic (exact) mass is 438 g/mol. The summed E-state index contributed by atoms with van der Waals surface area (Å²) in [4.78, 5) is 26.8. The van der Waals surface area contributed by atoms with Crippen molar-refractivity contribution in [2.75, 3.05) is 22.8 Å². The molecule has 10 heteroatoms. The summed E-state index contributed by atoms with van der Waals surface area (Å²) in [6.45, 7) is 2.04. The third kappa shape index (κ3) is 3.81. The molecule has 9 nitrogen and oxygen atoms in total. The first-order chi connectivity index (χ1) is 15.1. The van der Waals surface area contributed by atoms with Gasteiger partial charge in [0, 0.05) is 18.0 Å². The number of anilines is 2. The molecule has 1 atom stereocenters. The predicted octanol–water partition coefficient (Wildman–Crippen LogP) is 3.32. The topological polar surface area (TPSA) is 107 Å². The summed E-state index contributed by atoms with van der Waals surface area (Å²) in [5, 5.41) is 11.2. The van der Waals surface area contributed by atoms with Gasteiger partial charge >= 0.3 is 0 Å². The maximum atomic E-state index is 13.1. The molecule has 0 bridgehead atoms. The molecule has 1 N–H and O–H groups in total. The van der Waals surface area contributed by atoms with Gasteiger partial charge < -0.3 is 24.1 Å². The van der Waals surface area contributed by atoms with E-state index in [1.54, 1.807) is 29.2 Å². The van der Waals surface area contributed by atoms with Gasteiger partial charge in [0.2, 0.25) is 24.5 Å². The third-order valence-corrected chi connectivity index (χ3v) is 5.78. The summed E-state index contributed by atoms with van der Waals surface area (Å²) in [5.74, 6) is 1.45. The van der Waals surface area contributed by atoms with E-state index in [9.17, 15) is 9.59 Å². The standard InChI is InChI=1S/C21H18N4O5S/c1-12-8-18(26)22-14-4-2-3-5-15(14)25(12)19(27)10-31-21-24-23-20(30-21)13-6-7-16-17(9-13)29-11-28-16/h2-7,9,12H,8,10-11H2,1H3,(H,22,26). The van der Waals surface area contributed by atoms with Crippen LogP contribution in [-0.2, 0) is 9.59 Å². The maximum Gasteiger partial charge on any atom is 0.277 e. The Morgan fingerprint density at radius 3 is 2.94 bits per heavy atom. The minimum absolute atomic E-state index is 0.0929. The molecule has 0 radical (unpaired) electrons. The quantitative estimate of drug-likeness (QED) is 0.618. The minimum Gasteiger partial charge on any atom is -0.454 e. The van der Waals surface area contributed by atoms with Crippen molar-refractivity contribution in [2.45, 2.75) is 24.6 Å². The number of hydrogen-bond donors (Lipinski definition) is 1. The number of aromatic nitrogens is 2. The van der Waals surface area contributed by atoms with Crippen molar-refractivity contribution in [1.82, 2.24) is 10.2 Å². The van der Waals surface area contributed by atoms with E-state index in [-0.39, 0.29) is 42.0 Å². The van der Waals surface area contributed by atoms with Gasteiger partial charge in [-0.2, -0.15) is 0 Å². The van der Waals surface area contributed by atoms with E-state index in [1.807, 2.05) is 25.1 Å². The van der Waals surface area contributed by atoms with Gasteiger partial charge in [-0.05, 0) is 37.3 Å². The van der Waals surface area contributed by atoms with E-state index in [0.29, 0.717) is 34.3 Å². The lowest BCUT2D eigenvalue weighted by atomic mass is 10.2. The maximum absolute atomic E-state index is 13.1. The van der Waals surface area contributed by atoms with Crippen molar-refractivity contribution in [3.63, 3.8) is 0 Å². The smallest absolute Gasteiger partial charge is 0.277 e. The van der Waals surface area contributed by atoms with E-state index in [1.165, 1.54) is 0 Å². The molecule has 0 spiro atoms. The van der Waals surface area contributed by atoms with Crippen LogP contribution in [0.5, 0.6) is 11.5 Å². The fraction of sp³-hybridized carbons (Fsp3) is 0.238. The largest absolute Gasteiger partial charge is 0.454 e. The number of ether oxygens (including phenoxy) is 2. The Labute approximate surface area is 181 Å². The van der Waals surface area contributed by atoms with E-state index >= 15 is 0 Å². The molecule has 2 amide bonds. The van der Waals surface area contributed by atoms with Crippen molar-refractivity contribution in [3.05, 3.63) is 42.5 Å². The normalized spacial score (nSPS) is 17.1. The Morgan fingerprint density at radius 2 is 2.03 bits per heavy atom. The second-order valence-corrected chi connectivity index (χ2v) is 8.04. The van der Waals surface area contributed by atoms with Crippen molar-refractivity contribution < 1.29 is 23.5 Å². The molecule has 0 saturated heterocycles. The van der Waals surface area contributed by atoms with Gasteiger partial charge in [-0.15, -0.1) is 10.2 Å². The predicted molar refractivity (Wildman–Crippen MR) is 113 cm³/mol. The van der Waals surface area contributed by atoms with Crippen LogP contribution in [0.2, 0.25) is 0 Å². The number of carbonyl (C=O) groups is 2. The zero-order valence-electron chi connectivity index (χ0n) is 16.5. The first-order valence-electron chi connectivity index (χ1n) is 9.66. The summed E-state index contributed by atoms with van der Waals surface area (Å²) in [6.07, 6.45) is 0.222. The lowest BCUT2D eigenvalue weighted by molar-refractivity contribution is -0.117. The van der Waals surface area contributed by atoms with Gasteiger partial charge in [0.1, 0.15) is 0 Å². The second-order valence-electron chi connectivity index (χ2n) is 7.11. The van der Waals surface area contributed by atoms with Crippen LogP contribution in [0.4, 0.5) is 11.4 Å². The van der Waals surface area contributed by atoms with Crippen LogP contribution in [0.25, 0.3) is 11.5 Å². The van der Waals surface area contributed by atoms with Crippen LogP contribution in [0.15, 0.2) is 52.1 Å². The molecule has 0 saturated carbocycles. The molecule has 2 aromatic carbocycles. The second kappa shape index (κ2) is 7.95. The molecule has 31 heavy (non-hydrogen) atoms. The molecule has 3 heterocycles. The highest BCUT2D eigenvalue weighted by Crippen LogP contribution is 2.36. The molecule has 0 aliphatic carbocycles. The van der Waals surface area contributed by atoms with E-state index in [0.717, 1.165) is 11.8 Å². The average Bonchev–Trinajstić information content (AvgIpc) is 3.39. The van der Waals surface area contributed by atoms with Gasteiger partial charge in [-0.3, -0.25) is 9.59 Å². The first kappa shape index (κ1) is 19.4. The Balaban J connectivity index is 1.30. The van der Waals surface area contributed by atoms with E-state index in [4.69, 9.17) is 13.9 Å². The van der Waals surface area contributed by atoms with Crippen LogP contribution in [0.3, 0.4) is 0 Å². The van der Waals surface area contributed by atoms with Crippen molar-refractivity contribution in [3.8, 4) is 23.0 Å². The molecule has 1 aromatic heterocycles. The van der Waals surface area contributed by atoms with Crippen molar-refractivity contribution in [2.24, 2.45) is 0 Å². The highest BCUT2D eigenvalue weighted by atomic mass is 32.2. The van der Waals surface area contributed by atoms with Gasteiger partial charge in [0.05, 0.1) is 17.1 Å². The molecule has 158 valence electrons. The van der Waals surface area contributed by atoms with Crippen LogP contribution in [-0.4, -0.2) is 40.6 Å². The van der Waals surface area contributed by atoms with Gasteiger partial charge in [0.15, 0.2) is 11.5 Å². The number of thioether (sulfide) groups is 1. The number of nitrogens with zero attached hydrogens (tertiary/aromatic N) is 3. The molecular weight excluding hydrogens is 420 g/mol. The number of rotatable bonds is 4. The lowest BCUT2D eigenvalue weighted by Gasteiger charge is -2.27. The highest BCUT2D eigenvalue weighted by molar-refractivity contribution is 7.99. The fourth-order valence-corrected chi connectivity index (χ4v) is 4.20. The third-order valence-electron chi connectivity index (χ3n) is 4.97. The van der Waals surface area contributed by atoms with Crippen molar-refractivity contribution >= 4 is 35.0 Å². The van der Waals surface area contributed by atoms with Gasteiger partial charge in [-0.1, -0.05) is 23.9 Å². The van der Waals surface area contributed by atoms with Gasteiger partial charge in [0.25, 0.3) is 5.22 Å². The zero-order chi connectivity index (χ0) is 21.4. The van der Waals surface area contributed by atoms with Crippen molar-refractivity contribution in [1.29, 1.82) is 0 Å². The minimum atomic E-state index is -0.274. The number of nitrogens with one attached hydrogen (secondary N) is 1. The molecule has 2 aliphatic rings. The van der Waals surface area contributed by atoms with Crippen LogP contribution in [0.1, 0.15) is 13.3 Å². The molecule has 5 rings (SSSR count). The Hall–Kier alpha value is -3.53. The summed E-state index contributed by atoms with van der Waals surface area (Å²) >= 11 is 1.15. The Morgan fingerprint density at radius 1 is 1.19 bits per heavy atom. The van der Waals surface area contributed by atoms with Gasteiger partial charge in [-0.25, -0.2) is 0 Å². The van der Waals surface area contributed by atoms with Crippen LogP contribution in [0, 0.1) is 0 Å². The average molecular weight is 438 g/mol. The highest BCUT2D eigenvalue weighted by Gasteiger charge is 2.29. The number of fused-ring (bicyclic) bond motifs is 2. The number of para-hydroxylation sites is 2. The Kier molecular flexibility index (Phi) is 4.99. The lowest BCUT2D eigenvalue weighted by Crippen LogP contribution is -2.40. The summed E-state index contributed by atoms with van der Waals surface area (Å²) in [6, 6.07) is 12.4. The number of amides is 2. The summed E-state index contributed by atoms with van der Waals surface area (Å²) < 4.78 is 16.4. The number of hydrogen-bond acceptors (Lipinski definition) is 8. The molecule has 1 unspecified atom stereocenters. The SMILES string of the molecule is CC1CC(=O)Nc2ccccc2N1C(=O)CSc1nnc(-c2ccc3c(c2)OCO3)o1. The molecule has 3 aromatic rings. The molecular formula is C21H18N4O5S. The van der Waals surface area contributed by atoms with Crippen LogP contribution >= 0.6 is 11.8 Å². The fourth-order valence-electron chi connectivity index (χ4n) is 3.58. The molecule has 0 fully saturated rings. The Bertz CT molecular complexity index is 1160. The first-order valence-corrected chi connectivity index (χ1v) is 10.6. The van der Waals surface area contributed by atoms with Crippen LogP contribution < -0.4 is 19.7 Å². The number of carbonyl (C=O) groups excluding carboxylic acids is 2. The summed E-state index contributed by atoms with van der Waals surface area (Å²) in [5.41, 5.74) is 2.01.